The summed E-state index contributed by atoms with van der Waals surface area (Å²) in [6, 6.07) is 15.9. The molecule has 0 bridgehead atoms. The van der Waals surface area contributed by atoms with Crippen LogP contribution in [0, 0.1) is 5.41 Å². The number of benzene rings is 2. The average molecular weight is 268 g/mol. The first-order valence-electron chi connectivity index (χ1n) is 6.13. The standard InChI is InChI=1S/C15H16N4O/c1-19(13-10-6-5-9-12(13)14(16)17)15(20)18-11-7-3-2-4-8-11/h2-10H,1H3,(H3,16,17)(H,18,20). The first-order chi connectivity index (χ1) is 9.59. The molecule has 0 radical (unpaired) electrons. The highest BCUT2D eigenvalue weighted by molar-refractivity contribution is 6.07. The van der Waals surface area contributed by atoms with Crippen LogP contribution in [0.3, 0.4) is 0 Å². The summed E-state index contributed by atoms with van der Waals surface area (Å²) >= 11 is 0. The van der Waals surface area contributed by atoms with E-state index in [0.29, 0.717) is 16.9 Å². The fraction of sp³-hybridized carbons (Fsp3) is 0.0667. The van der Waals surface area contributed by atoms with Gasteiger partial charge in [-0.05, 0) is 24.3 Å². The molecule has 2 amide bonds. The van der Waals surface area contributed by atoms with Gasteiger partial charge in [0, 0.05) is 18.3 Å². The van der Waals surface area contributed by atoms with Crippen LogP contribution in [0.1, 0.15) is 5.56 Å². The van der Waals surface area contributed by atoms with Gasteiger partial charge in [0.05, 0.1) is 5.69 Å². The summed E-state index contributed by atoms with van der Waals surface area (Å²) in [5, 5.41) is 10.3. The molecule has 0 atom stereocenters. The van der Waals surface area contributed by atoms with Crippen molar-refractivity contribution in [3.63, 3.8) is 0 Å². The van der Waals surface area contributed by atoms with Crippen LogP contribution in [0.4, 0.5) is 16.2 Å². The van der Waals surface area contributed by atoms with Gasteiger partial charge in [0.15, 0.2) is 0 Å². The van der Waals surface area contributed by atoms with E-state index in [9.17, 15) is 4.79 Å². The summed E-state index contributed by atoms with van der Waals surface area (Å²) < 4.78 is 0. The van der Waals surface area contributed by atoms with Gasteiger partial charge in [-0.15, -0.1) is 0 Å². The van der Waals surface area contributed by atoms with Gasteiger partial charge in [0.25, 0.3) is 0 Å². The fourth-order valence-electron chi connectivity index (χ4n) is 1.83. The van der Waals surface area contributed by atoms with Gasteiger partial charge in [-0.3, -0.25) is 10.3 Å². The van der Waals surface area contributed by atoms with Crippen LogP contribution in [0.25, 0.3) is 0 Å². The Morgan fingerprint density at radius 2 is 1.70 bits per heavy atom. The van der Waals surface area contributed by atoms with Gasteiger partial charge >= 0.3 is 6.03 Å². The number of carbonyl (C=O) groups excluding carboxylic acids is 1. The van der Waals surface area contributed by atoms with E-state index in [4.69, 9.17) is 11.1 Å². The number of nitrogens with one attached hydrogen (secondary N) is 2. The average Bonchev–Trinajstić information content (AvgIpc) is 2.47. The lowest BCUT2D eigenvalue weighted by Crippen LogP contribution is -2.32. The summed E-state index contributed by atoms with van der Waals surface area (Å²) in [5.74, 6) is -0.0695. The smallest absolute Gasteiger partial charge is 0.326 e. The number of nitrogen functional groups attached to an aromatic ring is 1. The minimum atomic E-state index is -0.287. The predicted octanol–water partition coefficient (Wildman–Crippen LogP) is 2.64. The second kappa shape index (κ2) is 5.88. The lowest BCUT2D eigenvalue weighted by molar-refractivity contribution is 0.258. The number of nitrogens with zero attached hydrogens (tertiary/aromatic N) is 1. The largest absolute Gasteiger partial charge is 0.384 e. The second-order valence-electron chi connectivity index (χ2n) is 4.29. The molecular weight excluding hydrogens is 252 g/mol. The van der Waals surface area contributed by atoms with Crippen molar-refractivity contribution in [1.29, 1.82) is 5.41 Å². The molecule has 0 heterocycles. The van der Waals surface area contributed by atoms with Crippen LogP contribution in [0.5, 0.6) is 0 Å². The third kappa shape index (κ3) is 2.95. The van der Waals surface area contributed by atoms with Crippen LogP contribution in [-0.2, 0) is 0 Å². The topological polar surface area (TPSA) is 82.2 Å². The zero-order chi connectivity index (χ0) is 14.5. The fourth-order valence-corrected chi connectivity index (χ4v) is 1.83. The van der Waals surface area contributed by atoms with Crippen LogP contribution >= 0.6 is 0 Å². The van der Waals surface area contributed by atoms with E-state index in [2.05, 4.69) is 5.32 Å². The zero-order valence-electron chi connectivity index (χ0n) is 11.1. The maximum Gasteiger partial charge on any atom is 0.326 e. The van der Waals surface area contributed by atoms with Crippen molar-refractivity contribution < 1.29 is 4.79 Å². The molecule has 2 rings (SSSR count). The Kier molecular flexibility index (Phi) is 4.00. The molecule has 102 valence electrons. The van der Waals surface area contributed by atoms with E-state index < -0.39 is 0 Å². The monoisotopic (exact) mass is 268 g/mol. The van der Waals surface area contributed by atoms with Crippen LogP contribution in [-0.4, -0.2) is 18.9 Å². The van der Waals surface area contributed by atoms with Gasteiger partial charge in [-0.1, -0.05) is 30.3 Å². The third-order valence-electron chi connectivity index (χ3n) is 2.89. The molecule has 0 saturated heterocycles. The number of hydrogen-bond acceptors (Lipinski definition) is 2. The van der Waals surface area contributed by atoms with E-state index in [1.807, 2.05) is 30.3 Å². The summed E-state index contributed by atoms with van der Waals surface area (Å²) in [4.78, 5) is 13.6. The molecule has 2 aromatic rings. The van der Waals surface area contributed by atoms with Crippen molar-refractivity contribution in [2.24, 2.45) is 5.73 Å². The van der Waals surface area contributed by atoms with E-state index in [0.717, 1.165) is 0 Å². The van der Waals surface area contributed by atoms with Gasteiger partial charge in [0.1, 0.15) is 5.84 Å². The summed E-state index contributed by atoms with van der Waals surface area (Å²) in [6.07, 6.45) is 0. The maximum atomic E-state index is 12.2. The Morgan fingerprint density at radius 1 is 1.10 bits per heavy atom. The van der Waals surface area contributed by atoms with Gasteiger partial charge in [0.2, 0.25) is 0 Å². The lowest BCUT2D eigenvalue weighted by Gasteiger charge is -2.20. The number of para-hydroxylation sites is 2. The minimum Gasteiger partial charge on any atom is -0.384 e. The molecule has 4 N–H and O–H groups in total. The molecule has 0 aliphatic carbocycles. The van der Waals surface area contributed by atoms with Crippen molar-refractivity contribution in [2.75, 3.05) is 17.3 Å². The van der Waals surface area contributed by atoms with Gasteiger partial charge in [-0.2, -0.15) is 0 Å². The van der Waals surface area contributed by atoms with Crippen molar-refractivity contribution in [3.8, 4) is 0 Å². The van der Waals surface area contributed by atoms with Crippen LogP contribution in [0.2, 0.25) is 0 Å². The van der Waals surface area contributed by atoms with Crippen LogP contribution < -0.4 is 16.0 Å². The predicted molar refractivity (Wildman–Crippen MR) is 81.3 cm³/mol. The molecule has 5 heteroatoms. The molecule has 5 nitrogen and oxygen atoms in total. The summed E-state index contributed by atoms with van der Waals surface area (Å²) in [7, 11) is 1.64. The van der Waals surface area contributed by atoms with Gasteiger partial charge < -0.3 is 11.1 Å². The maximum absolute atomic E-state index is 12.2. The van der Waals surface area contributed by atoms with Crippen molar-refractivity contribution >= 4 is 23.2 Å². The molecular formula is C15H16N4O. The molecule has 0 spiro atoms. The highest BCUT2D eigenvalue weighted by Crippen LogP contribution is 2.19. The first kappa shape index (κ1) is 13.6. The molecule has 0 aliphatic heterocycles. The SMILES string of the molecule is CN(C(=O)Nc1ccccc1)c1ccccc1C(=N)N. The Labute approximate surface area is 117 Å². The highest BCUT2D eigenvalue weighted by atomic mass is 16.2. The van der Waals surface area contributed by atoms with Gasteiger partial charge in [-0.25, -0.2) is 4.79 Å². The van der Waals surface area contributed by atoms with E-state index >= 15 is 0 Å². The molecule has 0 aromatic heterocycles. The first-order valence-corrected chi connectivity index (χ1v) is 6.13. The molecule has 0 fully saturated rings. The number of amides is 2. The van der Waals surface area contributed by atoms with E-state index in [1.54, 1.807) is 31.3 Å². The summed E-state index contributed by atoms with van der Waals surface area (Å²) in [6.45, 7) is 0. The molecule has 0 unspecified atom stereocenters. The Morgan fingerprint density at radius 3 is 2.35 bits per heavy atom. The lowest BCUT2D eigenvalue weighted by atomic mass is 10.1. The highest BCUT2D eigenvalue weighted by Gasteiger charge is 2.15. The molecule has 20 heavy (non-hydrogen) atoms. The number of nitrogens with two attached hydrogens (primary N) is 1. The normalized spacial score (nSPS) is 9.85. The Balaban J connectivity index is 2.21. The van der Waals surface area contributed by atoms with E-state index in [1.165, 1.54) is 4.90 Å². The minimum absolute atomic E-state index is 0.0695. The Bertz CT molecular complexity index is 625. The number of urea groups is 1. The van der Waals surface area contributed by atoms with E-state index in [-0.39, 0.29) is 11.9 Å². The number of hydrogen-bond donors (Lipinski definition) is 3. The Hall–Kier alpha value is -2.82. The number of amidine groups is 1. The summed E-state index contributed by atoms with van der Waals surface area (Å²) in [5.41, 5.74) is 7.36. The van der Waals surface area contributed by atoms with Crippen molar-refractivity contribution in [2.45, 2.75) is 0 Å². The second-order valence-corrected chi connectivity index (χ2v) is 4.29. The number of carbonyl (C=O) groups is 1. The number of anilines is 2. The third-order valence-corrected chi connectivity index (χ3v) is 2.89. The zero-order valence-corrected chi connectivity index (χ0v) is 11.1. The quantitative estimate of drug-likeness (QED) is 0.590. The van der Waals surface area contributed by atoms with Crippen LogP contribution in [0.15, 0.2) is 54.6 Å². The molecule has 0 aliphatic rings. The van der Waals surface area contributed by atoms with Crippen molar-refractivity contribution in [1.82, 2.24) is 0 Å². The molecule has 0 saturated carbocycles. The molecule has 2 aromatic carbocycles. The van der Waals surface area contributed by atoms with Crippen molar-refractivity contribution in [3.05, 3.63) is 60.2 Å². The number of rotatable bonds is 3.